The first-order valence-corrected chi connectivity index (χ1v) is 11.8. The van der Waals surface area contributed by atoms with Crippen molar-refractivity contribution in [2.75, 3.05) is 16.2 Å². The van der Waals surface area contributed by atoms with Gasteiger partial charge in [0.25, 0.3) is 15.9 Å². The van der Waals surface area contributed by atoms with Crippen molar-refractivity contribution in [1.82, 2.24) is 0 Å². The van der Waals surface area contributed by atoms with Crippen molar-refractivity contribution in [3.05, 3.63) is 76.2 Å². The van der Waals surface area contributed by atoms with Gasteiger partial charge in [-0.3, -0.25) is 9.10 Å². The van der Waals surface area contributed by atoms with E-state index < -0.39 is 10.0 Å². The van der Waals surface area contributed by atoms with E-state index in [0.717, 1.165) is 29.5 Å². The molecular formula is C22H22N2O3S2. The van der Waals surface area contributed by atoms with Gasteiger partial charge in [-0.25, -0.2) is 8.42 Å². The fraction of sp³-hybridized carbons (Fsp3) is 0.227. The van der Waals surface area contributed by atoms with Crippen LogP contribution in [0.4, 0.5) is 11.4 Å². The lowest BCUT2D eigenvalue weighted by Crippen LogP contribution is -2.35. The van der Waals surface area contributed by atoms with Crippen molar-refractivity contribution in [3.63, 3.8) is 0 Å². The number of amides is 1. The molecule has 0 radical (unpaired) electrons. The molecule has 1 N–H and O–H groups in total. The molecule has 4 rings (SSSR count). The summed E-state index contributed by atoms with van der Waals surface area (Å²) in [5.74, 6) is -0.212. The zero-order chi connectivity index (χ0) is 20.6. The minimum Gasteiger partial charge on any atom is -0.322 e. The number of nitrogens with zero attached hydrogens (tertiary/aromatic N) is 1. The predicted octanol–water partition coefficient (Wildman–Crippen LogP) is 4.76. The molecule has 0 spiro atoms. The van der Waals surface area contributed by atoms with Gasteiger partial charge in [0, 0.05) is 17.8 Å². The molecule has 29 heavy (non-hydrogen) atoms. The van der Waals surface area contributed by atoms with Crippen molar-refractivity contribution in [3.8, 4) is 0 Å². The van der Waals surface area contributed by atoms with E-state index in [9.17, 15) is 13.2 Å². The molecule has 5 nitrogen and oxygen atoms in total. The van der Waals surface area contributed by atoms with Crippen molar-refractivity contribution in [2.24, 2.45) is 0 Å². The maximum atomic E-state index is 13.1. The highest BCUT2D eigenvalue weighted by Gasteiger charge is 2.30. The topological polar surface area (TPSA) is 66.5 Å². The van der Waals surface area contributed by atoms with Gasteiger partial charge in [0.2, 0.25) is 0 Å². The number of aryl methyl sites for hydroxylation is 3. The summed E-state index contributed by atoms with van der Waals surface area (Å²) in [6.07, 6.45) is 1.59. The average molecular weight is 427 g/mol. The Labute approximate surface area is 175 Å². The minimum atomic E-state index is -3.60. The Morgan fingerprint density at radius 1 is 1.07 bits per heavy atom. The Morgan fingerprint density at radius 2 is 1.90 bits per heavy atom. The molecule has 0 atom stereocenters. The lowest BCUT2D eigenvalue weighted by atomic mass is 10.0. The Bertz CT molecular complexity index is 1170. The van der Waals surface area contributed by atoms with Crippen LogP contribution in [0, 0.1) is 13.8 Å². The van der Waals surface area contributed by atoms with E-state index in [2.05, 4.69) is 5.32 Å². The third-order valence-corrected chi connectivity index (χ3v) is 8.41. The van der Waals surface area contributed by atoms with Gasteiger partial charge < -0.3 is 5.32 Å². The summed E-state index contributed by atoms with van der Waals surface area (Å²) in [5.41, 5.74) is 4.96. The SMILES string of the molecule is Cc1ccc(C(=O)Nc2ccc3c(c2)N(S(=O)(=O)c2cccs2)CCC3)cc1C. The number of hydrogen-bond acceptors (Lipinski definition) is 4. The van der Waals surface area contributed by atoms with Crippen LogP contribution in [0.3, 0.4) is 0 Å². The number of rotatable bonds is 4. The fourth-order valence-electron chi connectivity index (χ4n) is 3.47. The number of anilines is 2. The smallest absolute Gasteiger partial charge is 0.273 e. The number of nitrogens with one attached hydrogen (secondary N) is 1. The summed E-state index contributed by atoms with van der Waals surface area (Å²) < 4.78 is 28.0. The van der Waals surface area contributed by atoms with E-state index in [1.165, 1.54) is 15.6 Å². The Kier molecular flexibility index (Phi) is 5.19. The Hall–Kier alpha value is -2.64. The maximum absolute atomic E-state index is 13.1. The Balaban J connectivity index is 1.65. The standard InChI is InChI=1S/C22H22N2O3S2/c1-15-7-8-18(13-16(15)2)22(25)23-19-10-9-17-5-3-11-24(20(17)14-19)29(26,27)21-6-4-12-28-21/h4,6-10,12-14H,3,5,11H2,1-2H3,(H,23,25). The quantitative estimate of drug-likeness (QED) is 0.654. The summed E-state index contributed by atoms with van der Waals surface area (Å²) in [4.78, 5) is 12.7. The number of fused-ring (bicyclic) bond motifs is 1. The summed E-state index contributed by atoms with van der Waals surface area (Å²) >= 11 is 1.21. The van der Waals surface area contributed by atoms with Crippen LogP contribution in [0.1, 0.15) is 33.5 Å². The van der Waals surface area contributed by atoms with Crippen LogP contribution in [0.2, 0.25) is 0 Å². The second kappa shape index (κ2) is 7.65. The number of sulfonamides is 1. The van der Waals surface area contributed by atoms with Gasteiger partial charge in [0.1, 0.15) is 4.21 Å². The van der Waals surface area contributed by atoms with E-state index in [1.54, 1.807) is 29.6 Å². The molecule has 1 amide bonds. The largest absolute Gasteiger partial charge is 0.322 e. The van der Waals surface area contributed by atoms with Gasteiger partial charge in [0.15, 0.2) is 0 Å². The lowest BCUT2D eigenvalue weighted by molar-refractivity contribution is 0.102. The number of hydrogen-bond donors (Lipinski definition) is 1. The van der Waals surface area contributed by atoms with Gasteiger partial charge in [0.05, 0.1) is 5.69 Å². The van der Waals surface area contributed by atoms with Crippen LogP contribution in [0.25, 0.3) is 0 Å². The van der Waals surface area contributed by atoms with Crippen molar-refractivity contribution in [1.29, 1.82) is 0 Å². The zero-order valence-electron chi connectivity index (χ0n) is 16.3. The lowest BCUT2D eigenvalue weighted by Gasteiger charge is -2.30. The van der Waals surface area contributed by atoms with Crippen LogP contribution < -0.4 is 9.62 Å². The van der Waals surface area contributed by atoms with Crippen molar-refractivity contribution < 1.29 is 13.2 Å². The highest BCUT2D eigenvalue weighted by molar-refractivity contribution is 7.94. The highest BCUT2D eigenvalue weighted by atomic mass is 32.2. The summed E-state index contributed by atoms with van der Waals surface area (Å²) in [5, 5.41) is 4.67. The van der Waals surface area contributed by atoms with Gasteiger partial charge in [-0.1, -0.05) is 18.2 Å². The summed E-state index contributed by atoms with van der Waals surface area (Å²) in [7, 11) is -3.60. The van der Waals surface area contributed by atoms with Gasteiger partial charge >= 0.3 is 0 Å². The molecule has 7 heteroatoms. The van der Waals surface area contributed by atoms with E-state index >= 15 is 0 Å². The van der Waals surface area contributed by atoms with Crippen LogP contribution in [0.5, 0.6) is 0 Å². The molecule has 1 aliphatic rings. The van der Waals surface area contributed by atoms with Crippen LogP contribution in [0.15, 0.2) is 58.1 Å². The normalized spacial score (nSPS) is 13.8. The molecule has 0 aliphatic carbocycles. The van der Waals surface area contributed by atoms with Gasteiger partial charge in [-0.2, -0.15) is 0 Å². The summed E-state index contributed by atoms with van der Waals surface area (Å²) in [6.45, 7) is 4.41. The second-order valence-corrected chi connectivity index (χ2v) is 10.2. The molecule has 1 aliphatic heterocycles. The molecule has 150 valence electrons. The molecule has 2 heterocycles. The number of carbonyl (C=O) groups is 1. The predicted molar refractivity (Wildman–Crippen MR) is 117 cm³/mol. The van der Waals surface area contributed by atoms with Crippen LogP contribution >= 0.6 is 11.3 Å². The monoisotopic (exact) mass is 426 g/mol. The molecular weight excluding hydrogens is 404 g/mol. The van der Waals surface area contributed by atoms with E-state index in [-0.39, 0.29) is 5.91 Å². The average Bonchev–Trinajstić information content (AvgIpc) is 3.25. The molecule has 0 saturated heterocycles. The minimum absolute atomic E-state index is 0.212. The second-order valence-electron chi connectivity index (χ2n) is 7.21. The third kappa shape index (κ3) is 3.80. The van der Waals surface area contributed by atoms with Gasteiger partial charge in [-0.15, -0.1) is 11.3 Å². The van der Waals surface area contributed by atoms with E-state index in [1.807, 2.05) is 38.1 Å². The van der Waals surface area contributed by atoms with Gasteiger partial charge in [-0.05, 0) is 79.1 Å². The third-order valence-electron chi connectivity index (χ3n) is 5.23. The molecule has 1 aromatic heterocycles. The molecule has 3 aromatic rings. The molecule has 0 unspecified atom stereocenters. The Morgan fingerprint density at radius 3 is 2.62 bits per heavy atom. The number of thiophene rings is 1. The van der Waals surface area contributed by atoms with E-state index in [0.29, 0.717) is 27.7 Å². The highest BCUT2D eigenvalue weighted by Crippen LogP contribution is 2.35. The van der Waals surface area contributed by atoms with Crippen LogP contribution in [-0.4, -0.2) is 20.9 Å². The first kappa shape index (κ1) is 19.7. The molecule has 2 aromatic carbocycles. The first-order valence-electron chi connectivity index (χ1n) is 9.44. The maximum Gasteiger partial charge on any atom is 0.273 e. The zero-order valence-corrected chi connectivity index (χ0v) is 17.9. The molecule has 0 saturated carbocycles. The number of carbonyl (C=O) groups excluding carboxylic acids is 1. The number of benzene rings is 2. The summed E-state index contributed by atoms with van der Waals surface area (Å²) in [6, 6.07) is 14.4. The van der Waals surface area contributed by atoms with Crippen molar-refractivity contribution >= 4 is 38.6 Å². The first-order chi connectivity index (χ1) is 13.9. The molecule has 0 fully saturated rings. The van der Waals surface area contributed by atoms with Crippen LogP contribution in [-0.2, 0) is 16.4 Å². The van der Waals surface area contributed by atoms with Crippen molar-refractivity contribution in [2.45, 2.75) is 30.9 Å². The molecule has 0 bridgehead atoms. The fourth-order valence-corrected chi connectivity index (χ4v) is 6.11. The van der Waals surface area contributed by atoms with E-state index in [4.69, 9.17) is 0 Å².